The molecular weight excluding hydrogens is 210 g/mol. The van der Waals surface area contributed by atoms with Crippen LogP contribution in [0.1, 0.15) is 17.2 Å². The van der Waals surface area contributed by atoms with Gasteiger partial charge in [0.25, 0.3) is 0 Å². The first kappa shape index (κ1) is 10.8. The lowest BCUT2D eigenvalue weighted by Crippen LogP contribution is -2.39. The van der Waals surface area contributed by atoms with Gasteiger partial charge in [-0.25, -0.2) is 0 Å². The van der Waals surface area contributed by atoms with Gasteiger partial charge in [-0.05, 0) is 16.7 Å². The third kappa shape index (κ3) is 1.94. The van der Waals surface area contributed by atoms with Crippen molar-refractivity contribution in [1.82, 2.24) is 4.90 Å². The van der Waals surface area contributed by atoms with Crippen molar-refractivity contribution in [3.05, 3.63) is 54.1 Å². The highest BCUT2D eigenvalue weighted by molar-refractivity contribution is 5.77. The second kappa shape index (κ2) is 4.47. The van der Waals surface area contributed by atoms with Gasteiger partial charge in [0.05, 0.1) is 19.3 Å². The first-order valence-electron chi connectivity index (χ1n) is 6.14. The number of fused-ring (bicyclic) bond motifs is 1. The molecule has 0 saturated carbocycles. The van der Waals surface area contributed by atoms with Crippen molar-refractivity contribution < 1.29 is 4.74 Å². The fraction of sp³-hybridized carbons (Fsp3) is 0.333. The van der Waals surface area contributed by atoms with Gasteiger partial charge in [-0.3, -0.25) is 4.90 Å². The lowest BCUT2D eigenvalue weighted by molar-refractivity contribution is 0.0251. The van der Waals surface area contributed by atoms with E-state index in [1.165, 1.54) is 11.1 Å². The molecule has 1 aliphatic heterocycles. The van der Waals surface area contributed by atoms with Crippen LogP contribution < -0.4 is 0 Å². The van der Waals surface area contributed by atoms with E-state index in [-0.39, 0.29) is 0 Å². The number of nitrogens with zero attached hydrogens (tertiary/aromatic N) is 1. The molecule has 3 rings (SSSR count). The van der Waals surface area contributed by atoms with E-state index in [0.717, 1.165) is 31.9 Å². The molecule has 0 aromatic heterocycles. The third-order valence-electron chi connectivity index (χ3n) is 3.54. The van der Waals surface area contributed by atoms with Crippen molar-refractivity contribution in [3.63, 3.8) is 0 Å². The molecule has 1 saturated heterocycles. The van der Waals surface area contributed by atoms with Crippen LogP contribution in [0.3, 0.4) is 0 Å². The zero-order chi connectivity index (χ0) is 11.7. The molecule has 1 heterocycles. The molecule has 0 spiro atoms. The molecule has 2 heteroatoms. The molecule has 1 fully saturated rings. The molecule has 2 nitrogen and oxygen atoms in total. The summed E-state index contributed by atoms with van der Waals surface area (Å²) in [4.78, 5) is 2.48. The Morgan fingerprint density at radius 2 is 1.94 bits per heavy atom. The molecule has 1 unspecified atom stereocenters. The van der Waals surface area contributed by atoms with Crippen LogP contribution in [-0.4, -0.2) is 31.2 Å². The fourth-order valence-corrected chi connectivity index (χ4v) is 2.62. The number of hydrogen-bond acceptors (Lipinski definition) is 2. The molecule has 2 aliphatic rings. The van der Waals surface area contributed by atoms with E-state index in [4.69, 9.17) is 4.74 Å². The Morgan fingerprint density at radius 3 is 2.76 bits per heavy atom. The molecule has 88 valence electrons. The Hall–Kier alpha value is -1.38. The zero-order valence-electron chi connectivity index (χ0n) is 9.93. The molecule has 0 radical (unpaired) electrons. The van der Waals surface area contributed by atoms with Crippen molar-refractivity contribution in [2.75, 3.05) is 26.3 Å². The van der Waals surface area contributed by atoms with E-state index < -0.39 is 0 Å². The average molecular weight is 227 g/mol. The lowest BCUT2D eigenvalue weighted by Gasteiger charge is -2.35. The van der Waals surface area contributed by atoms with Gasteiger partial charge in [0.1, 0.15) is 0 Å². The van der Waals surface area contributed by atoms with Gasteiger partial charge in [-0.15, -0.1) is 0 Å². The number of ether oxygens (including phenoxy) is 1. The van der Waals surface area contributed by atoms with Gasteiger partial charge in [0, 0.05) is 13.1 Å². The molecular formula is C15H17NO. The Bertz CT molecular complexity index is 458. The summed E-state index contributed by atoms with van der Waals surface area (Å²) in [6.07, 6.45) is 4.40. The summed E-state index contributed by atoms with van der Waals surface area (Å²) >= 11 is 0. The van der Waals surface area contributed by atoms with Crippen LogP contribution in [0, 0.1) is 0 Å². The van der Waals surface area contributed by atoms with E-state index in [2.05, 4.69) is 47.9 Å². The lowest BCUT2D eigenvalue weighted by atomic mass is 9.89. The molecule has 0 bridgehead atoms. The third-order valence-corrected chi connectivity index (χ3v) is 3.54. The summed E-state index contributed by atoms with van der Waals surface area (Å²) in [5, 5.41) is 0. The van der Waals surface area contributed by atoms with E-state index >= 15 is 0 Å². The quantitative estimate of drug-likeness (QED) is 0.731. The van der Waals surface area contributed by atoms with Crippen molar-refractivity contribution in [1.29, 1.82) is 0 Å². The minimum Gasteiger partial charge on any atom is -0.379 e. The van der Waals surface area contributed by atoms with Crippen LogP contribution in [0.25, 0.3) is 5.57 Å². The largest absolute Gasteiger partial charge is 0.379 e. The van der Waals surface area contributed by atoms with Crippen LogP contribution in [0.2, 0.25) is 0 Å². The van der Waals surface area contributed by atoms with E-state index in [1.807, 2.05) is 0 Å². The number of rotatable bonds is 1. The summed E-state index contributed by atoms with van der Waals surface area (Å²) in [6.45, 7) is 7.81. The standard InChI is InChI=1S/C15H17NO/c1-12-6-7-15(16-8-10-17-11-9-16)14-5-3-2-4-13(12)14/h2-7,15H,1,8-11H2. The normalized spacial score (nSPS) is 24.7. The first-order valence-corrected chi connectivity index (χ1v) is 6.14. The average Bonchev–Trinajstić information content (AvgIpc) is 2.41. The van der Waals surface area contributed by atoms with Gasteiger partial charge < -0.3 is 4.74 Å². The maximum absolute atomic E-state index is 5.42. The highest BCUT2D eigenvalue weighted by Gasteiger charge is 2.24. The number of hydrogen-bond donors (Lipinski definition) is 0. The van der Waals surface area contributed by atoms with E-state index in [0.29, 0.717) is 6.04 Å². The SMILES string of the molecule is C=C1C=CC(N2CCOCC2)c2ccccc21. The highest BCUT2D eigenvalue weighted by atomic mass is 16.5. The second-order valence-electron chi connectivity index (χ2n) is 4.56. The Balaban J connectivity index is 1.95. The Kier molecular flexibility index (Phi) is 2.83. The van der Waals surface area contributed by atoms with Crippen LogP contribution in [0.5, 0.6) is 0 Å². The molecule has 1 aromatic carbocycles. The van der Waals surface area contributed by atoms with Crippen LogP contribution in [0.4, 0.5) is 0 Å². The van der Waals surface area contributed by atoms with Crippen LogP contribution in [-0.2, 0) is 4.74 Å². The zero-order valence-corrected chi connectivity index (χ0v) is 9.93. The number of benzene rings is 1. The monoisotopic (exact) mass is 227 g/mol. The highest BCUT2D eigenvalue weighted by Crippen LogP contribution is 2.34. The smallest absolute Gasteiger partial charge is 0.0594 e. The van der Waals surface area contributed by atoms with Crippen molar-refractivity contribution in [2.45, 2.75) is 6.04 Å². The molecule has 0 amide bonds. The Labute approximate surface area is 102 Å². The summed E-state index contributed by atoms with van der Waals surface area (Å²) in [6, 6.07) is 8.96. The van der Waals surface area contributed by atoms with E-state index in [1.54, 1.807) is 0 Å². The van der Waals surface area contributed by atoms with Gasteiger partial charge in [0.15, 0.2) is 0 Å². The summed E-state index contributed by atoms with van der Waals surface area (Å²) in [7, 11) is 0. The first-order chi connectivity index (χ1) is 8.36. The van der Waals surface area contributed by atoms with Gasteiger partial charge in [0.2, 0.25) is 0 Å². The summed E-state index contributed by atoms with van der Waals surface area (Å²) in [5.41, 5.74) is 3.78. The fourth-order valence-electron chi connectivity index (χ4n) is 2.62. The van der Waals surface area contributed by atoms with Crippen molar-refractivity contribution >= 4 is 5.57 Å². The Morgan fingerprint density at radius 1 is 1.18 bits per heavy atom. The van der Waals surface area contributed by atoms with Gasteiger partial charge in [-0.1, -0.05) is 43.0 Å². The van der Waals surface area contributed by atoms with Crippen molar-refractivity contribution in [3.8, 4) is 0 Å². The van der Waals surface area contributed by atoms with Crippen molar-refractivity contribution in [2.24, 2.45) is 0 Å². The molecule has 1 aromatic rings. The second-order valence-corrected chi connectivity index (χ2v) is 4.56. The topological polar surface area (TPSA) is 12.5 Å². The minimum atomic E-state index is 0.389. The predicted molar refractivity (Wildman–Crippen MR) is 69.7 cm³/mol. The number of allylic oxidation sites excluding steroid dienone is 2. The van der Waals surface area contributed by atoms with Crippen LogP contribution in [0.15, 0.2) is 43.0 Å². The molecule has 17 heavy (non-hydrogen) atoms. The van der Waals surface area contributed by atoms with Gasteiger partial charge >= 0.3 is 0 Å². The van der Waals surface area contributed by atoms with Crippen LogP contribution >= 0.6 is 0 Å². The summed E-state index contributed by atoms with van der Waals surface area (Å²) < 4.78 is 5.42. The number of morpholine rings is 1. The summed E-state index contributed by atoms with van der Waals surface area (Å²) in [5.74, 6) is 0. The van der Waals surface area contributed by atoms with E-state index in [9.17, 15) is 0 Å². The molecule has 0 N–H and O–H groups in total. The minimum absolute atomic E-state index is 0.389. The predicted octanol–water partition coefficient (Wildman–Crippen LogP) is 2.64. The molecule has 1 aliphatic carbocycles. The maximum atomic E-state index is 5.42. The maximum Gasteiger partial charge on any atom is 0.0594 e. The molecule has 1 atom stereocenters. The van der Waals surface area contributed by atoms with Gasteiger partial charge in [-0.2, -0.15) is 0 Å².